The third-order valence-electron chi connectivity index (χ3n) is 2.82. The van der Waals surface area contributed by atoms with Gasteiger partial charge in [0, 0.05) is 6.61 Å². The van der Waals surface area contributed by atoms with Gasteiger partial charge in [-0.15, -0.1) is 0 Å². The van der Waals surface area contributed by atoms with Gasteiger partial charge in [-0.25, -0.2) is 4.39 Å². The Morgan fingerprint density at radius 3 is 2.80 bits per heavy atom. The third-order valence-corrected chi connectivity index (χ3v) is 2.82. The van der Waals surface area contributed by atoms with E-state index in [1.165, 1.54) is 12.1 Å². The molecular formula is C12H13FO2. The van der Waals surface area contributed by atoms with Gasteiger partial charge in [-0.05, 0) is 31.9 Å². The fourth-order valence-corrected chi connectivity index (χ4v) is 1.89. The van der Waals surface area contributed by atoms with E-state index in [1.807, 2.05) is 0 Å². The summed E-state index contributed by atoms with van der Waals surface area (Å²) >= 11 is 0. The third kappa shape index (κ3) is 1.79. The largest absolute Gasteiger partial charge is 0.367 e. The Hall–Kier alpha value is -1.22. The second-order valence-corrected chi connectivity index (χ2v) is 3.99. The van der Waals surface area contributed by atoms with Crippen molar-refractivity contribution in [2.45, 2.75) is 25.4 Å². The molecule has 1 saturated heterocycles. The highest BCUT2D eigenvalue weighted by Gasteiger charge is 2.39. The van der Waals surface area contributed by atoms with Crippen LogP contribution in [0, 0.1) is 5.82 Å². The van der Waals surface area contributed by atoms with E-state index in [2.05, 4.69) is 0 Å². The maximum atomic E-state index is 13.4. The molecule has 0 N–H and O–H groups in total. The number of ketones is 1. The van der Waals surface area contributed by atoms with E-state index < -0.39 is 11.4 Å². The molecule has 1 aliphatic rings. The van der Waals surface area contributed by atoms with Crippen molar-refractivity contribution in [3.8, 4) is 0 Å². The number of carbonyl (C=O) groups is 1. The van der Waals surface area contributed by atoms with Crippen LogP contribution in [0.1, 0.15) is 30.1 Å². The molecule has 2 nitrogen and oxygen atoms in total. The Kier molecular flexibility index (Phi) is 2.57. The number of halogens is 1. The molecule has 0 aromatic heterocycles. The van der Waals surface area contributed by atoms with Gasteiger partial charge in [-0.3, -0.25) is 4.79 Å². The standard InChI is InChI=1S/C12H13FO2/c1-12(7-4-8-15-12)11(14)9-5-2-3-6-10(9)13/h2-3,5-6H,4,7-8H2,1H3. The van der Waals surface area contributed by atoms with Crippen molar-refractivity contribution in [2.24, 2.45) is 0 Å². The van der Waals surface area contributed by atoms with Crippen molar-refractivity contribution < 1.29 is 13.9 Å². The first-order valence-electron chi connectivity index (χ1n) is 5.07. The molecule has 0 saturated carbocycles. The van der Waals surface area contributed by atoms with Crippen LogP contribution < -0.4 is 0 Å². The zero-order valence-corrected chi connectivity index (χ0v) is 8.63. The maximum absolute atomic E-state index is 13.4. The first-order valence-corrected chi connectivity index (χ1v) is 5.07. The predicted octanol–water partition coefficient (Wildman–Crippen LogP) is 2.58. The van der Waals surface area contributed by atoms with E-state index in [9.17, 15) is 9.18 Å². The Morgan fingerprint density at radius 2 is 2.20 bits per heavy atom. The summed E-state index contributed by atoms with van der Waals surface area (Å²) in [5.41, 5.74) is -0.704. The molecule has 2 rings (SSSR count). The number of hydrogen-bond donors (Lipinski definition) is 0. The molecule has 0 aliphatic carbocycles. The van der Waals surface area contributed by atoms with Crippen molar-refractivity contribution in [3.63, 3.8) is 0 Å². The number of carbonyl (C=O) groups excluding carboxylic acids is 1. The molecule has 0 amide bonds. The van der Waals surface area contributed by atoms with Crippen LogP contribution in [0.3, 0.4) is 0 Å². The van der Waals surface area contributed by atoms with Gasteiger partial charge in [0.1, 0.15) is 11.4 Å². The average Bonchev–Trinajstić information content (AvgIpc) is 2.66. The molecule has 1 fully saturated rings. The fraction of sp³-hybridized carbons (Fsp3) is 0.417. The van der Waals surface area contributed by atoms with Crippen LogP contribution in [0.4, 0.5) is 4.39 Å². The van der Waals surface area contributed by atoms with Crippen LogP contribution in [0.15, 0.2) is 24.3 Å². The van der Waals surface area contributed by atoms with Crippen molar-refractivity contribution >= 4 is 5.78 Å². The van der Waals surface area contributed by atoms with Gasteiger partial charge in [0.25, 0.3) is 0 Å². The second kappa shape index (κ2) is 3.74. The summed E-state index contributed by atoms with van der Waals surface area (Å²) in [6, 6.07) is 6.04. The molecule has 0 radical (unpaired) electrons. The molecule has 80 valence electrons. The number of Topliss-reactive ketones (excluding diaryl/α,β-unsaturated/α-hetero) is 1. The molecule has 15 heavy (non-hydrogen) atoms. The van der Waals surface area contributed by atoms with Gasteiger partial charge < -0.3 is 4.74 Å². The first-order chi connectivity index (χ1) is 7.13. The summed E-state index contributed by atoms with van der Waals surface area (Å²) in [4.78, 5) is 12.0. The van der Waals surface area contributed by atoms with E-state index in [0.29, 0.717) is 13.0 Å². The van der Waals surface area contributed by atoms with Crippen LogP contribution in [0.2, 0.25) is 0 Å². The summed E-state index contributed by atoms with van der Waals surface area (Å²) in [6.07, 6.45) is 1.52. The zero-order chi connectivity index (χ0) is 10.9. The van der Waals surface area contributed by atoms with Gasteiger partial charge in [-0.2, -0.15) is 0 Å². The first kappa shape index (κ1) is 10.3. The summed E-state index contributed by atoms with van der Waals surface area (Å²) in [7, 11) is 0. The van der Waals surface area contributed by atoms with Crippen molar-refractivity contribution in [2.75, 3.05) is 6.61 Å². The smallest absolute Gasteiger partial charge is 0.197 e. The van der Waals surface area contributed by atoms with E-state index in [-0.39, 0.29) is 11.3 Å². The Balaban J connectivity index is 2.32. The molecule has 3 heteroatoms. The maximum Gasteiger partial charge on any atom is 0.197 e. The summed E-state index contributed by atoms with van der Waals surface area (Å²) < 4.78 is 18.8. The van der Waals surface area contributed by atoms with E-state index >= 15 is 0 Å². The Morgan fingerprint density at radius 1 is 1.47 bits per heavy atom. The van der Waals surface area contributed by atoms with Gasteiger partial charge in [0.2, 0.25) is 0 Å². The van der Waals surface area contributed by atoms with Gasteiger partial charge >= 0.3 is 0 Å². The number of hydrogen-bond acceptors (Lipinski definition) is 2. The number of benzene rings is 1. The highest BCUT2D eigenvalue weighted by molar-refractivity contribution is 6.02. The van der Waals surface area contributed by atoms with Crippen molar-refractivity contribution in [1.29, 1.82) is 0 Å². The minimum absolute atomic E-state index is 0.127. The van der Waals surface area contributed by atoms with E-state index in [1.54, 1.807) is 19.1 Å². The van der Waals surface area contributed by atoms with E-state index in [4.69, 9.17) is 4.74 Å². The van der Waals surface area contributed by atoms with Crippen LogP contribution in [0.5, 0.6) is 0 Å². The van der Waals surface area contributed by atoms with Crippen molar-refractivity contribution in [1.82, 2.24) is 0 Å². The van der Waals surface area contributed by atoms with Crippen LogP contribution in [-0.4, -0.2) is 18.0 Å². The van der Waals surface area contributed by atoms with Crippen LogP contribution >= 0.6 is 0 Å². The quantitative estimate of drug-likeness (QED) is 0.698. The summed E-state index contributed by atoms with van der Waals surface area (Å²) in [5, 5.41) is 0. The normalized spacial score (nSPS) is 25.5. The lowest BCUT2D eigenvalue weighted by atomic mass is 9.92. The molecule has 1 aliphatic heterocycles. The molecule has 1 atom stereocenters. The molecule has 1 aromatic carbocycles. The van der Waals surface area contributed by atoms with Gasteiger partial charge in [0.15, 0.2) is 5.78 Å². The lowest BCUT2D eigenvalue weighted by Crippen LogP contribution is -2.34. The molecular weight excluding hydrogens is 195 g/mol. The SMILES string of the molecule is CC1(C(=O)c2ccccc2F)CCCO1. The van der Waals surface area contributed by atoms with Crippen LogP contribution in [-0.2, 0) is 4.74 Å². The average molecular weight is 208 g/mol. The fourth-order valence-electron chi connectivity index (χ4n) is 1.89. The molecule has 1 unspecified atom stereocenters. The van der Waals surface area contributed by atoms with Crippen molar-refractivity contribution in [3.05, 3.63) is 35.6 Å². The topological polar surface area (TPSA) is 26.3 Å². The molecule has 1 heterocycles. The monoisotopic (exact) mass is 208 g/mol. The molecule has 0 bridgehead atoms. The predicted molar refractivity (Wildman–Crippen MR) is 54.3 cm³/mol. The summed E-state index contributed by atoms with van der Waals surface area (Å²) in [5.74, 6) is -0.725. The zero-order valence-electron chi connectivity index (χ0n) is 8.63. The second-order valence-electron chi connectivity index (χ2n) is 3.99. The number of ether oxygens (including phenoxy) is 1. The lowest BCUT2D eigenvalue weighted by molar-refractivity contribution is 0.0210. The van der Waals surface area contributed by atoms with E-state index in [0.717, 1.165) is 6.42 Å². The van der Waals surface area contributed by atoms with Gasteiger partial charge in [-0.1, -0.05) is 12.1 Å². The highest BCUT2D eigenvalue weighted by Crippen LogP contribution is 2.29. The minimum Gasteiger partial charge on any atom is -0.367 e. The Bertz CT molecular complexity index is 381. The lowest BCUT2D eigenvalue weighted by Gasteiger charge is -2.21. The van der Waals surface area contributed by atoms with Gasteiger partial charge in [0.05, 0.1) is 5.56 Å². The Labute approximate surface area is 88.1 Å². The summed E-state index contributed by atoms with van der Waals surface area (Å²) in [6.45, 7) is 2.31. The molecule has 0 spiro atoms. The highest BCUT2D eigenvalue weighted by atomic mass is 19.1. The minimum atomic E-state index is -0.831. The number of rotatable bonds is 2. The van der Waals surface area contributed by atoms with Crippen LogP contribution in [0.25, 0.3) is 0 Å². The molecule has 1 aromatic rings.